The predicted octanol–water partition coefficient (Wildman–Crippen LogP) is 2.38. The molecule has 1 N–H and O–H groups in total. The summed E-state index contributed by atoms with van der Waals surface area (Å²) in [7, 11) is 0. The summed E-state index contributed by atoms with van der Waals surface area (Å²) in [4.78, 5) is 16.8. The van der Waals surface area contributed by atoms with Crippen molar-refractivity contribution in [2.45, 2.75) is 32.6 Å². The summed E-state index contributed by atoms with van der Waals surface area (Å²) in [6.45, 7) is 10.7. The Morgan fingerprint density at radius 2 is 1.76 bits per heavy atom. The second-order valence-electron chi connectivity index (χ2n) is 6.60. The number of rotatable bonds is 11. The van der Waals surface area contributed by atoms with Gasteiger partial charge in [-0.15, -0.1) is 0 Å². The van der Waals surface area contributed by atoms with E-state index in [4.69, 9.17) is 4.74 Å². The van der Waals surface area contributed by atoms with Gasteiger partial charge in [0, 0.05) is 39.1 Å². The molecule has 5 heteroatoms. The van der Waals surface area contributed by atoms with Crippen LogP contribution in [0.4, 0.5) is 0 Å². The molecule has 0 radical (unpaired) electrons. The molecule has 1 fully saturated rings. The van der Waals surface area contributed by atoms with Crippen molar-refractivity contribution in [1.29, 1.82) is 0 Å². The van der Waals surface area contributed by atoms with E-state index in [0.29, 0.717) is 13.0 Å². The molecule has 2 rings (SSSR count). The highest BCUT2D eigenvalue weighted by Crippen LogP contribution is 2.08. The Balaban J connectivity index is 1.41. The van der Waals surface area contributed by atoms with Crippen LogP contribution in [0.3, 0.4) is 0 Å². The zero-order valence-electron chi connectivity index (χ0n) is 15.6. The van der Waals surface area contributed by atoms with Gasteiger partial charge in [0.2, 0.25) is 5.91 Å². The van der Waals surface area contributed by atoms with E-state index in [1.54, 1.807) is 0 Å². The molecular formula is C20H33N3O2. The van der Waals surface area contributed by atoms with Gasteiger partial charge in [0.05, 0.1) is 6.61 Å². The van der Waals surface area contributed by atoms with Gasteiger partial charge in [0.15, 0.2) is 0 Å². The average molecular weight is 348 g/mol. The van der Waals surface area contributed by atoms with Gasteiger partial charge in [-0.25, -0.2) is 0 Å². The highest BCUT2D eigenvalue weighted by Gasteiger charge is 2.14. The second kappa shape index (κ2) is 11.9. The summed E-state index contributed by atoms with van der Waals surface area (Å²) in [5.74, 6) is 0.996. The Morgan fingerprint density at radius 1 is 1.04 bits per heavy atom. The van der Waals surface area contributed by atoms with Crippen molar-refractivity contribution in [3.8, 4) is 5.75 Å². The van der Waals surface area contributed by atoms with E-state index in [1.165, 1.54) is 26.2 Å². The number of nitrogens with zero attached hydrogens (tertiary/aromatic N) is 2. The quantitative estimate of drug-likeness (QED) is 0.624. The maximum absolute atomic E-state index is 11.8. The van der Waals surface area contributed by atoms with Crippen LogP contribution < -0.4 is 10.1 Å². The Hall–Kier alpha value is -1.59. The number of piperazine rings is 1. The molecule has 5 nitrogen and oxygen atoms in total. The van der Waals surface area contributed by atoms with Crippen LogP contribution in [0.5, 0.6) is 5.75 Å². The molecule has 1 aliphatic heterocycles. The van der Waals surface area contributed by atoms with Gasteiger partial charge in [-0.2, -0.15) is 0 Å². The van der Waals surface area contributed by atoms with Crippen LogP contribution in [0.2, 0.25) is 0 Å². The Kier molecular flexibility index (Phi) is 9.37. The van der Waals surface area contributed by atoms with E-state index in [-0.39, 0.29) is 5.91 Å². The van der Waals surface area contributed by atoms with Crippen molar-refractivity contribution < 1.29 is 9.53 Å². The minimum atomic E-state index is 0.133. The first-order valence-corrected chi connectivity index (χ1v) is 9.67. The Labute approximate surface area is 152 Å². The van der Waals surface area contributed by atoms with Crippen molar-refractivity contribution in [3.63, 3.8) is 0 Å². The number of hydrogen-bond acceptors (Lipinski definition) is 4. The summed E-state index contributed by atoms with van der Waals surface area (Å²) in [5.41, 5.74) is 0. The van der Waals surface area contributed by atoms with Crippen LogP contribution in [0.1, 0.15) is 32.6 Å². The number of carbonyl (C=O) groups is 1. The van der Waals surface area contributed by atoms with E-state index < -0.39 is 0 Å². The van der Waals surface area contributed by atoms with Crippen molar-refractivity contribution in [2.75, 3.05) is 52.4 Å². The van der Waals surface area contributed by atoms with Crippen LogP contribution >= 0.6 is 0 Å². The topological polar surface area (TPSA) is 44.8 Å². The van der Waals surface area contributed by atoms with Crippen molar-refractivity contribution in [3.05, 3.63) is 30.3 Å². The largest absolute Gasteiger partial charge is 0.494 e. The number of hydrogen-bond donors (Lipinski definition) is 1. The van der Waals surface area contributed by atoms with Crippen molar-refractivity contribution in [2.24, 2.45) is 0 Å². The van der Waals surface area contributed by atoms with Gasteiger partial charge >= 0.3 is 0 Å². The fraction of sp³-hybridized carbons (Fsp3) is 0.650. The van der Waals surface area contributed by atoms with E-state index in [0.717, 1.165) is 44.6 Å². The molecule has 140 valence electrons. The second-order valence-corrected chi connectivity index (χ2v) is 6.60. The van der Waals surface area contributed by atoms with Crippen molar-refractivity contribution >= 4 is 5.91 Å². The van der Waals surface area contributed by atoms with Crippen LogP contribution in [0, 0.1) is 0 Å². The van der Waals surface area contributed by atoms with Gasteiger partial charge in [-0.05, 0) is 44.5 Å². The first kappa shape index (κ1) is 19.7. The van der Waals surface area contributed by atoms with Gasteiger partial charge in [-0.1, -0.05) is 25.1 Å². The number of benzene rings is 1. The Bertz CT molecular complexity index is 473. The number of unbranched alkanes of at least 4 members (excludes halogenated alkanes) is 1. The molecule has 0 aromatic heterocycles. The summed E-state index contributed by atoms with van der Waals surface area (Å²) >= 11 is 0. The minimum Gasteiger partial charge on any atom is -0.494 e. The molecule has 0 bridgehead atoms. The van der Waals surface area contributed by atoms with Crippen LogP contribution in [-0.4, -0.2) is 68.1 Å². The molecule has 1 saturated heterocycles. The third-order valence-electron chi connectivity index (χ3n) is 4.70. The maximum Gasteiger partial charge on any atom is 0.220 e. The standard InChI is InChI=1S/C20H33N3O2/c1-2-22-14-16-23(17-15-22)13-7-6-12-21-20(24)11-8-18-25-19-9-4-3-5-10-19/h3-5,9-10H,2,6-8,11-18H2,1H3,(H,21,24). The highest BCUT2D eigenvalue weighted by molar-refractivity contribution is 5.75. The lowest BCUT2D eigenvalue weighted by Crippen LogP contribution is -2.46. The third kappa shape index (κ3) is 8.36. The molecule has 0 unspecified atom stereocenters. The zero-order chi connectivity index (χ0) is 17.7. The number of nitrogens with one attached hydrogen (secondary N) is 1. The van der Waals surface area contributed by atoms with E-state index in [9.17, 15) is 4.79 Å². The average Bonchev–Trinajstić information content (AvgIpc) is 2.66. The lowest BCUT2D eigenvalue weighted by Gasteiger charge is -2.33. The number of ether oxygens (including phenoxy) is 1. The first-order chi connectivity index (χ1) is 12.3. The Morgan fingerprint density at radius 3 is 2.48 bits per heavy atom. The van der Waals surface area contributed by atoms with Gasteiger partial charge in [0.1, 0.15) is 5.75 Å². The van der Waals surface area contributed by atoms with Crippen LogP contribution in [0.15, 0.2) is 30.3 Å². The van der Waals surface area contributed by atoms with E-state index in [1.807, 2.05) is 30.3 Å². The number of amides is 1. The summed E-state index contributed by atoms with van der Waals surface area (Å²) in [6, 6.07) is 9.73. The summed E-state index contributed by atoms with van der Waals surface area (Å²) in [5, 5.41) is 3.01. The molecule has 1 aromatic rings. The molecule has 1 aliphatic rings. The van der Waals surface area contributed by atoms with E-state index >= 15 is 0 Å². The predicted molar refractivity (Wildman–Crippen MR) is 102 cm³/mol. The number of carbonyl (C=O) groups excluding carboxylic acids is 1. The number of para-hydroxylation sites is 1. The summed E-state index contributed by atoms with van der Waals surface area (Å²) < 4.78 is 5.59. The SMILES string of the molecule is CCN1CCN(CCCCNC(=O)CCCOc2ccccc2)CC1. The number of likely N-dealkylation sites (N-methyl/N-ethyl adjacent to an activating group) is 1. The fourth-order valence-electron chi connectivity index (χ4n) is 3.05. The monoisotopic (exact) mass is 347 g/mol. The molecule has 25 heavy (non-hydrogen) atoms. The molecule has 0 aliphatic carbocycles. The zero-order valence-corrected chi connectivity index (χ0v) is 15.6. The lowest BCUT2D eigenvalue weighted by molar-refractivity contribution is -0.121. The van der Waals surface area contributed by atoms with Gasteiger partial charge < -0.3 is 19.9 Å². The van der Waals surface area contributed by atoms with Gasteiger partial charge in [0.25, 0.3) is 0 Å². The molecule has 1 heterocycles. The summed E-state index contributed by atoms with van der Waals surface area (Å²) in [6.07, 6.45) is 3.50. The fourth-order valence-corrected chi connectivity index (χ4v) is 3.05. The molecule has 0 atom stereocenters. The molecule has 1 aromatic carbocycles. The molecular weight excluding hydrogens is 314 g/mol. The lowest BCUT2D eigenvalue weighted by atomic mass is 10.2. The minimum absolute atomic E-state index is 0.133. The third-order valence-corrected chi connectivity index (χ3v) is 4.70. The van der Waals surface area contributed by atoms with E-state index in [2.05, 4.69) is 22.0 Å². The van der Waals surface area contributed by atoms with Crippen molar-refractivity contribution in [1.82, 2.24) is 15.1 Å². The smallest absolute Gasteiger partial charge is 0.220 e. The van der Waals surface area contributed by atoms with Crippen LogP contribution in [-0.2, 0) is 4.79 Å². The van der Waals surface area contributed by atoms with Crippen LogP contribution in [0.25, 0.3) is 0 Å². The van der Waals surface area contributed by atoms with Gasteiger partial charge in [-0.3, -0.25) is 4.79 Å². The first-order valence-electron chi connectivity index (χ1n) is 9.67. The highest BCUT2D eigenvalue weighted by atomic mass is 16.5. The molecule has 1 amide bonds. The normalized spacial score (nSPS) is 15.9. The molecule has 0 saturated carbocycles. The molecule has 0 spiro atoms. The maximum atomic E-state index is 11.8.